The van der Waals surface area contributed by atoms with Crippen molar-refractivity contribution in [1.29, 1.82) is 0 Å². The van der Waals surface area contributed by atoms with Crippen LogP contribution in [0.2, 0.25) is 0 Å². The third-order valence-corrected chi connectivity index (χ3v) is 3.58. The molecule has 0 spiro atoms. The van der Waals surface area contributed by atoms with Gasteiger partial charge >= 0.3 is 5.97 Å². The van der Waals surface area contributed by atoms with Gasteiger partial charge in [0.2, 0.25) is 0 Å². The number of hydrogen-bond acceptors (Lipinski definition) is 3. The van der Waals surface area contributed by atoms with E-state index in [1.807, 2.05) is 12.1 Å². The van der Waals surface area contributed by atoms with Gasteiger partial charge in [0, 0.05) is 5.56 Å². The zero-order valence-electron chi connectivity index (χ0n) is 13.9. The van der Waals surface area contributed by atoms with Crippen LogP contribution in [-0.2, 0) is 10.2 Å². The summed E-state index contributed by atoms with van der Waals surface area (Å²) in [7, 11) is 1.52. The standard InChI is InChI=1S/C17H27NO3/c1-16(2,3)10-17(4,5)11-7-8-13(21-6)12(9-11)14(18)15(19)20/h7-9,14H,10,18H2,1-6H3,(H,19,20). The Hall–Kier alpha value is -1.55. The van der Waals surface area contributed by atoms with E-state index < -0.39 is 12.0 Å². The van der Waals surface area contributed by atoms with E-state index in [0.717, 1.165) is 12.0 Å². The van der Waals surface area contributed by atoms with Crippen LogP contribution in [-0.4, -0.2) is 18.2 Å². The summed E-state index contributed by atoms with van der Waals surface area (Å²) in [5.41, 5.74) is 7.47. The second-order valence-electron chi connectivity index (χ2n) is 7.39. The van der Waals surface area contributed by atoms with Crippen LogP contribution in [0, 0.1) is 5.41 Å². The molecule has 0 saturated carbocycles. The summed E-state index contributed by atoms with van der Waals surface area (Å²) in [6, 6.07) is 4.58. The second kappa shape index (κ2) is 6.06. The van der Waals surface area contributed by atoms with Gasteiger partial charge in [-0.3, -0.25) is 4.79 Å². The molecule has 1 unspecified atom stereocenters. The lowest BCUT2D eigenvalue weighted by Gasteiger charge is -2.33. The Morgan fingerprint density at radius 3 is 2.29 bits per heavy atom. The first-order valence-electron chi connectivity index (χ1n) is 7.15. The number of ether oxygens (including phenoxy) is 1. The molecule has 0 amide bonds. The van der Waals surface area contributed by atoms with Crippen molar-refractivity contribution in [3.63, 3.8) is 0 Å². The van der Waals surface area contributed by atoms with Gasteiger partial charge < -0.3 is 15.6 Å². The fourth-order valence-electron chi connectivity index (χ4n) is 2.96. The Balaban J connectivity index is 3.27. The molecule has 1 rings (SSSR count). The highest BCUT2D eigenvalue weighted by molar-refractivity contribution is 5.76. The topological polar surface area (TPSA) is 72.5 Å². The lowest BCUT2D eigenvalue weighted by molar-refractivity contribution is -0.138. The number of hydrogen-bond donors (Lipinski definition) is 2. The first-order chi connectivity index (χ1) is 9.48. The van der Waals surface area contributed by atoms with Crippen molar-refractivity contribution in [2.24, 2.45) is 11.1 Å². The molecule has 0 saturated heterocycles. The maximum Gasteiger partial charge on any atom is 0.325 e. The van der Waals surface area contributed by atoms with Gasteiger partial charge in [0.25, 0.3) is 0 Å². The predicted molar refractivity (Wildman–Crippen MR) is 84.7 cm³/mol. The largest absolute Gasteiger partial charge is 0.496 e. The molecule has 1 aromatic rings. The zero-order valence-corrected chi connectivity index (χ0v) is 13.9. The molecule has 0 bridgehead atoms. The molecular formula is C17H27NO3. The molecule has 0 aliphatic rings. The maximum atomic E-state index is 11.2. The summed E-state index contributed by atoms with van der Waals surface area (Å²) in [4.78, 5) is 11.2. The van der Waals surface area contributed by atoms with Gasteiger partial charge in [-0.1, -0.05) is 40.7 Å². The van der Waals surface area contributed by atoms with Crippen molar-refractivity contribution in [1.82, 2.24) is 0 Å². The van der Waals surface area contributed by atoms with Gasteiger partial charge in [0.1, 0.15) is 11.8 Å². The summed E-state index contributed by atoms with van der Waals surface area (Å²) in [6.45, 7) is 10.9. The molecule has 0 aliphatic carbocycles. The minimum atomic E-state index is -1.08. The van der Waals surface area contributed by atoms with Crippen LogP contribution in [0.1, 0.15) is 58.2 Å². The van der Waals surface area contributed by atoms with Crippen molar-refractivity contribution in [2.45, 2.75) is 52.5 Å². The monoisotopic (exact) mass is 293 g/mol. The Morgan fingerprint density at radius 1 is 1.29 bits per heavy atom. The van der Waals surface area contributed by atoms with Gasteiger partial charge in [-0.05, 0) is 34.9 Å². The average Bonchev–Trinajstić information content (AvgIpc) is 2.34. The first-order valence-corrected chi connectivity index (χ1v) is 7.15. The molecule has 0 aromatic heterocycles. The van der Waals surface area contributed by atoms with Crippen LogP contribution in [0.3, 0.4) is 0 Å². The van der Waals surface area contributed by atoms with Crippen molar-refractivity contribution in [3.05, 3.63) is 29.3 Å². The number of benzene rings is 1. The maximum absolute atomic E-state index is 11.2. The highest BCUT2D eigenvalue weighted by atomic mass is 16.5. The van der Waals surface area contributed by atoms with E-state index in [9.17, 15) is 4.79 Å². The lowest BCUT2D eigenvalue weighted by atomic mass is 9.72. The fourth-order valence-corrected chi connectivity index (χ4v) is 2.96. The Kier molecular flexibility index (Phi) is 5.05. The Morgan fingerprint density at radius 2 is 1.86 bits per heavy atom. The summed E-state index contributed by atoms with van der Waals surface area (Å²) < 4.78 is 5.24. The zero-order chi connectivity index (χ0) is 16.4. The molecule has 0 aliphatic heterocycles. The molecule has 0 heterocycles. The van der Waals surface area contributed by atoms with Crippen LogP contribution in [0.15, 0.2) is 18.2 Å². The fraction of sp³-hybridized carbons (Fsp3) is 0.588. The van der Waals surface area contributed by atoms with E-state index in [4.69, 9.17) is 15.6 Å². The summed E-state index contributed by atoms with van der Waals surface area (Å²) in [5.74, 6) is -0.542. The van der Waals surface area contributed by atoms with E-state index in [1.54, 1.807) is 6.07 Å². The van der Waals surface area contributed by atoms with Crippen molar-refractivity contribution >= 4 is 5.97 Å². The quantitative estimate of drug-likeness (QED) is 0.871. The van der Waals surface area contributed by atoms with Gasteiger partial charge in [-0.2, -0.15) is 0 Å². The molecule has 3 N–H and O–H groups in total. The normalized spacial score (nSPS) is 13.9. The summed E-state index contributed by atoms with van der Waals surface area (Å²) in [6.07, 6.45) is 0.980. The number of aliphatic carboxylic acids is 1. The number of carbonyl (C=O) groups is 1. The number of carboxylic acids is 1. The van der Waals surface area contributed by atoms with Gasteiger partial charge in [-0.15, -0.1) is 0 Å². The van der Waals surface area contributed by atoms with Gasteiger partial charge in [0.05, 0.1) is 7.11 Å². The molecule has 21 heavy (non-hydrogen) atoms. The number of rotatable bonds is 5. The number of nitrogens with two attached hydrogens (primary N) is 1. The van der Waals surface area contributed by atoms with Crippen LogP contribution in [0.5, 0.6) is 5.75 Å². The van der Waals surface area contributed by atoms with Crippen molar-refractivity contribution < 1.29 is 14.6 Å². The molecular weight excluding hydrogens is 266 g/mol. The summed E-state index contributed by atoms with van der Waals surface area (Å²) in [5, 5.41) is 9.15. The van der Waals surface area contributed by atoms with Crippen molar-refractivity contribution in [3.8, 4) is 5.75 Å². The Bertz CT molecular complexity index is 515. The molecule has 0 fully saturated rings. The molecule has 118 valence electrons. The predicted octanol–water partition coefficient (Wildman–Crippen LogP) is 3.49. The molecule has 1 atom stereocenters. The number of carboxylic acid groups (broad SMARTS) is 1. The van der Waals surface area contributed by atoms with E-state index in [2.05, 4.69) is 34.6 Å². The SMILES string of the molecule is COc1ccc(C(C)(C)CC(C)(C)C)cc1C(N)C(=O)O. The molecule has 1 aromatic carbocycles. The highest BCUT2D eigenvalue weighted by Gasteiger charge is 2.29. The minimum Gasteiger partial charge on any atom is -0.496 e. The first kappa shape index (κ1) is 17.5. The van der Waals surface area contributed by atoms with Gasteiger partial charge in [-0.25, -0.2) is 0 Å². The van der Waals surface area contributed by atoms with E-state index in [0.29, 0.717) is 11.3 Å². The highest BCUT2D eigenvalue weighted by Crippen LogP contribution is 2.38. The summed E-state index contributed by atoms with van der Waals surface area (Å²) >= 11 is 0. The van der Waals surface area contributed by atoms with E-state index in [1.165, 1.54) is 7.11 Å². The third kappa shape index (κ3) is 4.46. The van der Waals surface area contributed by atoms with Crippen LogP contribution >= 0.6 is 0 Å². The minimum absolute atomic E-state index is 0.0719. The van der Waals surface area contributed by atoms with Crippen LogP contribution < -0.4 is 10.5 Å². The van der Waals surface area contributed by atoms with E-state index in [-0.39, 0.29) is 10.8 Å². The van der Waals surface area contributed by atoms with Crippen LogP contribution in [0.4, 0.5) is 0 Å². The number of methoxy groups -OCH3 is 1. The second-order valence-corrected chi connectivity index (χ2v) is 7.39. The van der Waals surface area contributed by atoms with Gasteiger partial charge in [0.15, 0.2) is 0 Å². The van der Waals surface area contributed by atoms with E-state index >= 15 is 0 Å². The smallest absolute Gasteiger partial charge is 0.325 e. The average molecular weight is 293 g/mol. The molecule has 0 radical (unpaired) electrons. The van der Waals surface area contributed by atoms with Crippen LogP contribution in [0.25, 0.3) is 0 Å². The van der Waals surface area contributed by atoms with Crippen molar-refractivity contribution in [2.75, 3.05) is 7.11 Å². The molecule has 4 nitrogen and oxygen atoms in total. The third-order valence-electron chi connectivity index (χ3n) is 3.58. The Labute approximate surface area is 127 Å². The molecule has 4 heteroatoms. The lowest BCUT2D eigenvalue weighted by Crippen LogP contribution is -2.26.